The zero-order valence-electron chi connectivity index (χ0n) is 17.6. The summed E-state index contributed by atoms with van der Waals surface area (Å²) in [6.07, 6.45) is 3.39. The van der Waals surface area contributed by atoms with Crippen molar-refractivity contribution in [2.75, 3.05) is 5.32 Å². The first-order valence-corrected chi connectivity index (χ1v) is 10.7. The molecule has 0 unspecified atom stereocenters. The van der Waals surface area contributed by atoms with Gasteiger partial charge in [0.2, 0.25) is 5.91 Å². The second-order valence-corrected chi connectivity index (χ2v) is 8.25. The van der Waals surface area contributed by atoms with Crippen molar-refractivity contribution in [2.24, 2.45) is 0 Å². The van der Waals surface area contributed by atoms with Crippen molar-refractivity contribution in [1.29, 1.82) is 0 Å². The number of carbonyl (C=O) groups excluding carboxylic acids is 1. The van der Waals surface area contributed by atoms with Crippen molar-refractivity contribution in [2.45, 2.75) is 40.4 Å². The molecule has 0 atom stereocenters. The molecule has 0 fully saturated rings. The predicted octanol–water partition coefficient (Wildman–Crippen LogP) is 5.78. The first-order chi connectivity index (χ1) is 14.4. The fourth-order valence-corrected chi connectivity index (χ4v) is 3.41. The number of ether oxygens (including phenoxy) is 2. The topological polar surface area (TPSA) is 60.5 Å². The first kappa shape index (κ1) is 21.6. The Hall–Kier alpha value is -3.12. The Kier molecular flexibility index (Phi) is 7.25. The molecule has 30 heavy (non-hydrogen) atoms. The van der Waals surface area contributed by atoms with E-state index < -0.39 is 0 Å². The molecule has 1 heterocycles. The number of benzene rings is 2. The number of thiazole rings is 1. The highest BCUT2D eigenvalue weighted by molar-refractivity contribution is 7.09. The van der Waals surface area contributed by atoms with Crippen LogP contribution in [0.1, 0.15) is 35.7 Å². The van der Waals surface area contributed by atoms with Crippen LogP contribution in [0, 0.1) is 13.8 Å². The molecule has 156 valence electrons. The van der Waals surface area contributed by atoms with Gasteiger partial charge >= 0.3 is 0 Å². The molecule has 2 aromatic carbocycles. The molecule has 1 N–H and O–H groups in total. The Balaban J connectivity index is 1.58. The van der Waals surface area contributed by atoms with E-state index in [0.29, 0.717) is 6.61 Å². The van der Waals surface area contributed by atoms with Crippen LogP contribution >= 0.6 is 11.3 Å². The highest BCUT2D eigenvalue weighted by Gasteiger charge is 2.05. The number of aromatic nitrogens is 1. The summed E-state index contributed by atoms with van der Waals surface area (Å²) in [6.45, 7) is 8.30. The van der Waals surface area contributed by atoms with E-state index in [-0.39, 0.29) is 12.0 Å². The number of aryl methyl sites for hydroxylation is 2. The lowest BCUT2D eigenvalue weighted by Crippen LogP contribution is -2.10. The molecule has 0 bridgehead atoms. The SMILES string of the molecule is Cc1nc(COc2cccc(C=CC(=O)Nc3ccc(OC(C)C)cc3C)c2)cs1. The summed E-state index contributed by atoms with van der Waals surface area (Å²) >= 11 is 1.61. The number of amides is 1. The van der Waals surface area contributed by atoms with Crippen LogP contribution in [0.3, 0.4) is 0 Å². The number of nitrogens with one attached hydrogen (secondary N) is 1. The third-order valence-electron chi connectivity index (χ3n) is 4.17. The highest BCUT2D eigenvalue weighted by atomic mass is 32.1. The van der Waals surface area contributed by atoms with Gasteiger partial charge in [0.05, 0.1) is 16.8 Å². The van der Waals surface area contributed by atoms with E-state index in [4.69, 9.17) is 9.47 Å². The molecule has 0 aliphatic rings. The van der Waals surface area contributed by atoms with E-state index in [1.165, 1.54) is 6.08 Å². The molecule has 0 saturated carbocycles. The average molecular weight is 423 g/mol. The van der Waals surface area contributed by atoms with Gasteiger partial charge in [-0.05, 0) is 75.2 Å². The molecule has 0 spiro atoms. The third kappa shape index (κ3) is 6.46. The second kappa shape index (κ2) is 10.1. The normalized spacial score (nSPS) is 11.1. The van der Waals surface area contributed by atoms with E-state index in [1.54, 1.807) is 17.4 Å². The van der Waals surface area contributed by atoms with Crippen molar-refractivity contribution in [3.63, 3.8) is 0 Å². The number of nitrogens with zero attached hydrogens (tertiary/aromatic N) is 1. The van der Waals surface area contributed by atoms with Crippen molar-refractivity contribution < 1.29 is 14.3 Å². The van der Waals surface area contributed by atoms with Gasteiger partial charge in [0.25, 0.3) is 0 Å². The Morgan fingerprint density at radius 3 is 2.70 bits per heavy atom. The van der Waals surface area contributed by atoms with E-state index in [1.807, 2.05) is 75.5 Å². The fraction of sp³-hybridized carbons (Fsp3) is 0.250. The number of hydrogen-bond acceptors (Lipinski definition) is 5. The highest BCUT2D eigenvalue weighted by Crippen LogP contribution is 2.22. The molecule has 6 heteroatoms. The first-order valence-electron chi connectivity index (χ1n) is 9.79. The lowest BCUT2D eigenvalue weighted by molar-refractivity contribution is -0.111. The van der Waals surface area contributed by atoms with Gasteiger partial charge in [0.15, 0.2) is 0 Å². The molecule has 1 aromatic heterocycles. The number of carbonyl (C=O) groups is 1. The third-order valence-corrected chi connectivity index (χ3v) is 4.99. The largest absolute Gasteiger partial charge is 0.491 e. The van der Waals surface area contributed by atoms with Crippen molar-refractivity contribution >= 4 is 29.0 Å². The molecule has 0 radical (unpaired) electrons. The second-order valence-electron chi connectivity index (χ2n) is 7.18. The molecule has 0 saturated heterocycles. The molecule has 0 aliphatic heterocycles. The van der Waals surface area contributed by atoms with Crippen LogP contribution in [0.4, 0.5) is 5.69 Å². The van der Waals surface area contributed by atoms with Gasteiger partial charge in [-0.3, -0.25) is 4.79 Å². The molecular weight excluding hydrogens is 396 g/mol. The van der Waals surface area contributed by atoms with Gasteiger partial charge in [-0.25, -0.2) is 4.98 Å². The molecule has 1 amide bonds. The van der Waals surface area contributed by atoms with Gasteiger partial charge in [-0.2, -0.15) is 0 Å². The summed E-state index contributed by atoms with van der Waals surface area (Å²) in [5.41, 5.74) is 3.51. The summed E-state index contributed by atoms with van der Waals surface area (Å²) in [6, 6.07) is 13.2. The minimum atomic E-state index is -0.195. The number of hydrogen-bond donors (Lipinski definition) is 1. The van der Waals surface area contributed by atoms with E-state index in [0.717, 1.165) is 39.0 Å². The van der Waals surface area contributed by atoms with E-state index >= 15 is 0 Å². The van der Waals surface area contributed by atoms with Crippen LogP contribution in [0.2, 0.25) is 0 Å². The zero-order chi connectivity index (χ0) is 21.5. The molecular formula is C24H26N2O3S. The van der Waals surface area contributed by atoms with Crippen molar-refractivity contribution in [3.8, 4) is 11.5 Å². The van der Waals surface area contributed by atoms with E-state index in [2.05, 4.69) is 10.3 Å². The van der Waals surface area contributed by atoms with Crippen molar-refractivity contribution in [3.05, 3.63) is 75.7 Å². The number of rotatable bonds is 8. The summed E-state index contributed by atoms with van der Waals surface area (Å²) in [4.78, 5) is 16.7. The lowest BCUT2D eigenvalue weighted by atomic mass is 10.1. The van der Waals surface area contributed by atoms with Gasteiger partial charge in [-0.15, -0.1) is 11.3 Å². The Morgan fingerprint density at radius 1 is 1.17 bits per heavy atom. The average Bonchev–Trinajstić information content (AvgIpc) is 3.12. The lowest BCUT2D eigenvalue weighted by Gasteiger charge is -2.12. The summed E-state index contributed by atoms with van der Waals surface area (Å²) in [7, 11) is 0. The predicted molar refractivity (Wildman–Crippen MR) is 122 cm³/mol. The van der Waals surface area contributed by atoms with Gasteiger partial charge < -0.3 is 14.8 Å². The maximum Gasteiger partial charge on any atom is 0.248 e. The summed E-state index contributed by atoms with van der Waals surface area (Å²) < 4.78 is 11.5. The van der Waals surface area contributed by atoms with Crippen LogP contribution in [0.5, 0.6) is 11.5 Å². The summed E-state index contributed by atoms with van der Waals surface area (Å²) in [5.74, 6) is 1.33. The molecule has 0 aliphatic carbocycles. The van der Waals surface area contributed by atoms with Gasteiger partial charge in [-0.1, -0.05) is 12.1 Å². The van der Waals surface area contributed by atoms with Crippen LogP contribution in [-0.2, 0) is 11.4 Å². The standard InChI is InChI=1S/C24H26N2O3S/c1-16(2)29-22-9-10-23(17(3)12-22)26-24(27)11-8-19-6-5-7-21(13-19)28-14-20-15-30-18(4)25-20/h5-13,15-16H,14H2,1-4H3,(H,26,27). The maximum atomic E-state index is 12.3. The van der Waals surface area contributed by atoms with E-state index in [9.17, 15) is 4.79 Å². The zero-order valence-corrected chi connectivity index (χ0v) is 18.5. The summed E-state index contributed by atoms with van der Waals surface area (Å²) in [5, 5.41) is 5.92. The van der Waals surface area contributed by atoms with Crippen LogP contribution in [0.25, 0.3) is 6.08 Å². The quantitative estimate of drug-likeness (QED) is 0.468. The molecule has 3 rings (SSSR count). The minimum absolute atomic E-state index is 0.109. The van der Waals surface area contributed by atoms with Gasteiger partial charge in [0, 0.05) is 17.1 Å². The fourth-order valence-electron chi connectivity index (χ4n) is 2.81. The molecule has 5 nitrogen and oxygen atoms in total. The number of anilines is 1. The Morgan fingerprint density at radius 2 is 2.00 bits per heavy atom. The minimum Gasteiger partial charge on any atom is -0.491 e. The maximum absolute atomic E-state index is 12.3. The smallest absolute Gasteiger partial charge is 0.248 e. The van der Waals surface area contributed by atoms with Crippen LogP contribution in [0.15, 0.2) is 53.9 Å². The van der Waals surface area contributed by atoms with Crippen LogP contribution < -0.4 is 14.8 Å². The Labute approximate surface area is 181 Å². The molecule has 3 aromatic rings. The Bertz CT molecular complexity index is 1040. The van der Waals surface area contributed by atoms with Crippen molar-refractivity contribution in [1.82, 2.24) is 4.98 Å². The van der Waals surface area contributed by atoms with Crippen LogP contribution in [-0.4, -0.2) is 17.0 Å². The monoisotopic (exact) mass is 422 g/mol. The van der Waals surface area contributed by atoms with Gasteiger partial charge in [0.1, 0.15) is 18.1 Å².